The van der Waals surface area contributed by atoms with Gasteiger partial charge < -0.3 is 15.2 Å². The molecule has 0 saturated heterocycles. The Labute approximate surface area is 231 Å². The molecular weight excluding hydrogens is 516 g/mol. The van der Waals surface area contributed by atoms with Gasteiger partial charge in [-0.1, -0.05) is 38.1 Å². The molecular formula is C30H33F2N5O3. The minimum Gasteiger partial charge on any atom is -0.494 e. The zero-order chi connectivity index (χ0) is 28.7. The zero-order valence-electron chi connectivity index (χ0n) is 22.8. The number of amides is 1. The van der Waals surface area contributed by atoms with E-state index >= 15 is 0 Å². The molecule has 0 bridgehead atoms. The average Bonchev–Trinajstić information content (AvgIpc) is 3.43. The molecule has 210 valence electrons. The number of H-pyrrole nitrogens is 1. The summed E-state index contributed by atoms with van der Waals surface area (Å²) >= 11 is 0. The van der Waals surface area contributed by atoms with Crippen molar-refractivity contribution in [2.24, 2.45) is 0 Å². The summed E-state index contributed by atoms with van der Waals surface area (Å²) in [4.78, 5) is 20.9. The Kier molecular flexibility index (Phi) is 9.21. The van der Waals surface area contributed by atoms with E-state index in [1.54, 1.807) is 24.3 Å². The molecule has 0 atom stereocenters. The van der Waals surface area contributed by atoms with Crippen LogP contribution in [-0.4, -0.2) is 43.4 Å². The van der Waals surface area contributed by atoms with Crippen LogP contribution in [0.15, 0.2) is 54.7 Å². The molecule has 0 spiro atoms. The van der Waals surface area contributed by atoms with Crippen LogP contribution < -0.4 is 10.1 Å². The third kappa shape index (κ3) is 7.06. The lowest BCUT2D eigenvalue weighted by atomic mass is 9.92. The molecule has 0 saturated carbocycles. The number of pyridine rings is 1. The third-order valence-electron chi connectivity index (χ3n) is 7.02. The Morgan fingerprint density at radius 3 is 2.60 bits per heavy atom. The maximum atomic E-state index is 14.9. The van der Waals surface area contributed by atoms with Gasteiger partial charge in [-0.15, -0.1) is 5.10 Å². The topological polar surface area (TPSA) is 113 Å². The molecule has 0 aliphatic heterocycles. The minimum atomic E-state index is -0.685. The van der Waals surface area contributed by atoms with Crippen molar-refractivity contribution in [2.75, 3.05) is 11.9 Å². The second-order valence-corrected chi connectivity index (χ2v) is 9.74. The highest BCUT2D eigenvalue weighted by Crippen LogP contribution is 2.31. The van der Waals surface area contributed by atoms with Crippen molar-refractivity contribution in [1.29, 1.82) is 0 Å². The SMILES string of the molecule is CCC(O)(CC)CCCOc1ccc(C)c(-c2cc(NC(=O)c3n[nH]c(Cc4ccccc4F)n3)ncc2F)c1. The van der Waals surface area contributed by atoms with Crippen molar-refractivity contribution in [3.8, 4) is 16.9 Å². The van der Waals surface area contributed by atoms with E-state index in [0.717, 1.165) is 11.8 Å². The van der Waals surface area contributed by atoms with Crippen LogP contribution in [0.2, 0.25) is 0 Å². The lowest BCUT2D eigenvalue weighted by molar-refractivity contribution is 0.0185. The summed E-state index contributed by atoms with van der Waals surface area (Å²) in [6.07, 6.45) is 3.87. The highest BCUT2D eigenvalue weighted by Gasteiger charge is 2.21. The van der Waals surface area contributed by atoms with Gasteiger partial charge in [-0.05, 0) is 73.6 Å². The van der Waals surface area contributed by atoms with E-state index in [9.17, 15) is 18.7 Å². The molecule has 2 aromatic carbocycles. The fraction of sp³-hybridized carbons (Fsp3) is 0.333. The highest BCUT2D eigenvalue weighted by molar-refractivity contribution is 6.01. The van der Waals surface area contributed by atoms with Gasteiger partial charge in [0.1, 0.15) is 29.0 Å². The number of nitrogens with one attached hydrogen (secondary N) is 2. The van der Waals surface area contributed by atoms with Gasteiger partial charge in [-0.3, -0.25) is 9.89 Å². The lowest BCUT2D eigenvalue weighted by Crippen LogP contribution is -2.26. The summed E-state index contributed by atoms with van der Waals surface area (Å²) in [5, 5.41) is 19.6. The molecule has 10 heteroatoms. The Balaban J connectivity index is 1.44. The summed E-state index contributed by atoms with van der Waals surface area (Å²) in [6.45, 7) is 6.20. The van der Waals surface area contributed by atoms with Gasteiger partial charge in [0, 0.05) is 12.0 Å². The average molecular weight is 550 g/mol. The number of benzene rings is 2. The Hall–Kier alpha value is -4.18. The number of hydrogen-bond acceptors (Lipinski definition) is 6. The van der Waals surface area contributed by atoms with Crippen molar-refractivity contribution in [3.05, 3.63) is 89.1 Å². The van der Waals surface area contributed by atoms with Crippen LogP contribution in [0.3, 0.4) is 0 Å². The maximum absolute atomic E-state index is 14.9. The van der Waals surface area contributed by atoms with Crippen LogP contribution in [0.25, 0.3) is 11.1 Å². The molecule has 3 N–H and O–H groups in total. The van der Waals surface area contributed by atoms with Crippen molar-refractivity contribution in [2.45, 2.75) is 58.5 Å². The number of aliphatic hydroxyl groups is 1. The van der Waals surface area contributed by atoms with E-state index in [0.29, 0.717) is 55.0 Å². The number of aromatic nitrogens is 4. The van der Waals surface area contributed by atoms with Crippen LogP contribution in [0.1, 0.15) is 67.1 Å². The molecule has 8 nitrogen and oxygen atoms in total. The van der Waals surface area contributed by atoms with Crippen LogP contribution in [-0.2, 0) is 6.42 Å². The molecule has 2 heterocycles. The number of rotatable bonds is 12. The monoisotopic (exact) mass is 549 g/mol. The summed E-state index contributed by atoms with van der Waals surface area (Å²) in [6, 6.07) is 13.1. The highest BCUT2D eigenvalue weighted by atomic mass is 19.1. The van der Waals surface area contributed by atoms with Crippen LogP contribution in [0.5, 0.6) is 5.75 Å². The number of anilines is 1. The first-order valence-corrected chi connectivity index (χ1v) is 13.3. The van der Waals surface area contributed by atoms with Crippen molar-refractivity contribution >= 4 is 11.7 Å². The Morgan fingerprint density at radius 1 is 1.07 bits per heavy atom. The maximum Gasteiger partial charge on any atom is 0.296 e. The van der Waals surface area contributed by atoms with Gasteiger partial charge in [-0.2, -0.15) is 0 Å². The first-order chi connectivity index (χ1) is 19.2. The van der Waals surface area contributed by atoms with E-state index in [4.69, 9.17) is 4.74 Å². The minimum absolute atomic E-state index is 0.117. The number of aromatic amines is 1. The van der Waals surface area contributed by atoms with Crippen molar-refractivity contribution in [1.82, 2.24) is 20.2 Å². The van der Waals surface area contributed by atoms with Crippen LogP contribution in [0, 0.1) is 18.6 Å². The summed E-state index contributed by atoms with van der Waals surface area (Å²) in [7, 11) is 0. The van der Waals surface area contributed by atoms with E-state index < -0.39 is 17.3 Å². The number of carbonyl (C=O) groups excluding carboxylic acids is 1. The Bertz CT molecular complexity index is 1470. The fourth-order valence-electron chi connectivity index (χ4n) is 4.36. The molecule has 0 radical (unpaired) electrons. The van der Waals surface area contributed by atoms with Crippen LogP contribution in [0.4, 0.5) is 14.6 Å². The van der Waals surface area contributed by atoms with Gasteiger partial charge in [0.25, 0.3) is 5.91 Å². The second kappa shape index (κ2) is 12.8. The molecule has 40 heavy (non-hydrogen) atoms. The fourth-order valence-corrected chi connectivity index (χ4v) is 4.36. The number of nitrogens with zero attached hydrogens (tertiary/aromatic N) is 3. The van der Waals surface area contributed by atoms with Crippen LogP contribution >= 0.6 is 0 Å². The largest absolute Gasteiger partial charge is 0.494 e. The van der Waals surface area contributed by atoms with E-state index in [-0.39, 0.29) is 29.4 Å². The predicted octanol–water partition coefficient (Wildman–Crippen LogP) is 6.01. The Morgan fingerprint density at radius 2 is 1.85 bits per heavy atom. The molecule has 0 aliphatic carbocycles. The molecule has 2 aromatic heterocycles. The number of hydrogen-bond donors (Lipinski definition) is 3. The predicted molar refractivity (Wildman–Crippen MR) is 148 cm³/mol. The van der Waals surface area contributed by atoms with Crippen molar-refractivity contribution < 1.29 is 23.4 Å². The smallest absolute Gasteiger partial charge is 0.296 e. The quantitative estimate of drug-likeness (QED) is 0.187. The summed E-state index contributed by atoms with van der Waals surface area (Å²) in [5.74, 6) is -0.715. The number of halogens is 2. The molecule has 0 fully saturated rings. The molecule has 4 aromatic rings. The molecule has 0 aliphatic rings. The standard InChI is InChI=1S/C30H33F2N5O3/c1-4-30(39,5-2)13-8-14-40-21-12-11-19(3)22(16-21)23-17-26(33-18-25(23)32)35-29(38)28-34-27(36-37-28)15-20-9-6-7-10-24(20)31/h6-7,9-12,16-18,39H,4-5,8,13-15H2,1-3H3,(H,33,35,38)(H,34,36,37). The van der Waals surface area contributed by atoms with E-state index in [1.165, 1.54) is 12.1 Å². The molecule has 4 rings (SSSR count). The number of ether oxygens (including phenoxy) is 1. The van der Waals surface area contributed by atoms with Crippen molar-refractivity contribution in [3.63, 3.8) is 0 Å². The van der Waals surface area contributed by atoms with Gasteiger partial charge >= 0.3 is 0 Å². The third-order valence-corrected chi connectivity index (χ3v) is 7.02. The molecule has 1 amide bonds. The normalized spacial score (nSPS) is 11.4. The van der Waals surface area contributed by atoms with Gasteiger partial charge in [-0.25, -0.2) is 18.7 Å². The van der Waals surface area contributed by atoms with E-state index in [1.807, 2.05) is 32.9 Å². The summed E-state index contributed by atoms with van der Waals surface area (Å²) in [5.41, 5.74) is 1.38. The lowest BCUT2D eigenvalue weighted by Gasteiger charge is -2.25. The first-order valence-electron chi connectivity index (χ1n) is 13.3. The number of aryl methyl sites for hydroxylation is 1. The zero-order valence-corrected chi connectivity index (χ0v) is 22.8. The second-order valence-electron chi connectivity index (χ2n) is 9.74. The van der Waals surface area contributed by atoms with Gasteiger partial charge in [0.2, 0.25) is 5.82 Å². The summed E-state index contributed by atoms with van der Waals surface area (Å²) < 4.78 is 34.7. The molecule has 0 unspecified atom stereocenters. The number of carbonyl (C=O) groups is 1. The van der Waals surface area contributed by atoms with E-state index in [2.05, 4.69) is 25.5 Å². The first kappa shape index (κ1) is 28.8. The van der Waals surface area contributed by atoms with Gasteiger partial charge in [0.15, 0.2) is 0 Å². The van der Waals surface area contributed by atoms with Gasteiger partial charge in [0.05, 0.1) is 18.4 Å².